The van der Waals surface area contributed by atoms with Crippen LogP contribution in [0.1, 0.15) is 17.8 Å². The number of aryl methyl sites for hydroxylation is 1. The zero-order valence-corrected chi connectivity index (χ0v) is 22.0. The second kappa shape index (κ2) is 9.95. The molecule has 0 radical (unpaired) electrons. The number of sulfone groups is 1. The van der Waals surface area contributed by atoms with E-state index >= 15 is 0 Å². The molecule has 1 unspecified atom stereocenters. The van der Waals surface area contributed by atoms with Crippen LogP contribution in [0.25, 0.3) is 22.7 Å². The van der Waals surface area contributed by atoms with Crippen LogP contribution in [-0.2, 0) is 21.1 Å². The van der Waals surface area contributed by atoms with E-state index in [2.05, 4.69) is 25.7 Å². The van der Waals surface area contributed by atoms with E-state index in [0.717, 1.165) is 28.3 Å². The average molecular weight is 543 g/mol. The number of nitrogens with one attached hydrogen (secondary N) is 2. The van der Waals surface area contributed by atoms with Crippen molar-refractivity contribution in [1.29, 1.82) is 0 Å². The maximum Gasteiger partial charge on any atom is 0.230 e. The zero-order chi connectivity index (χ0) is 27.0. The molecular formula is C27H26N8O3S. The lowest BCUT2D eigenvalue weighted by atomic mass is 10.1. The highest BCUT2D eigenvalue weighted by atomic mass is 32.2. The summed E-state index contributed by atoms with van der Waals surface area (Å²) in [6.45, 7) is 1.92. The fourth-order valence-electron chi connectivity index (χ4n) is 4.68. The molecule has 11 nitrogen and oxygen atoms in total. The predicted molar refractivity (Wildman–Crippen MR) is 148 cm³/mol. The predicted octanol–water partition coefficient (Wildman–Crippen LogP) is 3.07. The normalized spacial score (nSPS) is 16.4. The highest BCUT2D eigenvalue weighted by Crippen LogP contribution is 2.25. The van der Waals surface area contributed by atoms with E-state index in [-0.39, 0.29) is 29.9 Å². The van der Waals surface area contributed by atoms with Crippen LogP contribution in [0.5, 0.6) is 0 Å². The Labute approximate surface area is 224 Å². The second-order valence-corrected chi connectivity index (χ2v) is 11.8. The van der Waals surface area contributed by atoms with Crippen molar-refractivity contribution in [3.05, 3.63) is 84.6 Å². The van der Waals surface area contributed by atoms with Crippen molar-refractivity contribution >= 4 is 32.8 Å². The molecule has 1 aliphatic rings. The van der Waals surface area contributed by atoms with Crippen molar-refractivity contribution in [2.45, 2.75) is 25.8 Å². The summed E-state index contributed by atoms with van der Waals surface area (Å²) in [5.41, 5.74) is 5.26. The van der Waals surface area contributed by atoms with Crippen LogP contribution in [0.15, 0.2) is 73.2 Å². The van der Waals surface area contributed by atoms with E-state index < -0.39 is 9.84 Å². The largest absolute Gasteiger partial charge is 0.381 e. The number of fused-ring (bicyclic) bond motifs is 1. The molecule has 4 aromatic heterocycles. The van der Waals surface area contributed by atoms with Crippen molar-refractivity contribution in [3.63, 3.8) is 0 Å². The van der Waals surface area contributed by atoms with Crippen LogP contribution in [-0.4, -0.2) is 61.2 Å². The Kier molecular flexibility index (Phi) is 6.31. The highest BCUT2D eigenvalue weighted by molar-refractivity contribution is 7.91. The molecule has 0 saturated carbocycles. The third-order valence-corrected chi connectivity index (χ3v) is 8.30. The lowest BCUT2D eigenvalue weighted by Crippen LogP contribution is -2.20. The molecular weight excluding hydrogens is 516 g/mol. The number of aromatic nitrogens is 6. The van der Waals surface area contributed by atoms with Gasteiger partial charge in [-0.05, 0) is 67.9 Å². The first kappa shape index (κ1) is 24.7. The molecule has 1 fully saturated rings. The molecule has 12 heteroatoms. The van der Waals surface area contributed by atoms with E-state index in [9.17, 15) is 13.2 Å². The van der Waals surface area contributed by atoms with E-state index in [0.29, 0.717) is 23.6 Å². The van der Waals surface area contributed by atoms with Gasteiger partial charge in [-0.3, -0.25) is 4.79 Å². The molecule has 5 heterocycles. The van der Waals surface area contributed by atoms with E-state index in [1.165, 1.54) is 6.33 Å². The number of anilines is 2. The lowest BCUT2D eigenvalue weighted by molar-refractivity contribution is -0.115. The minimum atomic E-state index is -2.95. The molecule has 1 saturated heterocycles. The molecule has 2 N–H and O–H groups in total. The number of hydrogen-bond donors (Lipinski definition) is 2. The Bertz CT molecular complexity index is 1780. The van der Waals surface area contributed by atoms with Crippen molar-refractivity contribution in [2.24, 2.45) is 0 Å². The van der Waals surface area contributed by atoms with Gasteiger partial charge >= 0.3 is 0 Å². The summed E-state index contributed by atoms with van der Waals surface area (Å²) in [6.07, 6.45) is 4.03. The fourth-order valence-corrected chi connectivity index (χ4v) is 6.35. The quantitative estimate of drug-likeness (QED) is 0.320. The van der Waals surface area contributed by atoms with Crippen molar-refractivity contribution in [1.82, 2.24) is 29.4 Å². The summed E-state index contributed by atoms with van der Waals surface area (Å²) in [4.78, 5) is 21.7. The Morgan fingerprint density at radius 3 is 2.67 bits per heavy atom. The summed E-state index contributed by atoms with van der Waals surface area (Å²) in [5, 5.41) is 15.1. The molecule has 198 valence electrons. The third kappa shape index (κ3) is 5.50. The SMILES string of the molecule is Cc1cccc(-n2nc(CC(=O)Nc3ccc(NC4CCS(=O)(=O)C4)cc3)cc2-c2ccc3ncnn3c2)n1. The Balaban J connectivity index is 1.20. The highest BCUT2D eigenvalue weighted by Gasteiger charge is 2.27. The summed E-state index contributed by atoms with van der Waals surface area (Å²) < 4.78 is 26.8. The third-order valence-electron chi connectivity index (χ3n) is 6.53. The van der Waals surface area contributed by atoms with Gasteiger partial charge in [-0.25, -0.2) is 27.6 Å². The first-order valence-corrected chi connectivity index (χ1v) is 14.3. The first-order chi connectivity index (χ1) is 18.8. The first-order valence-electron chi connectivity index (χ1n) is 12.5. The Morgan fingerprint density at radius 2 is 1.90 bits per heavy atom. The van der Waals surface area contributed by atoms with Gasteiger partial charge in [-0.15, -0.1) is 0 Å². The molecule has 1 aromatic carbocycles. The van der Waals surface area contributed by atoms with Gasteiger partial charge in [-0.1, -0.05) is 6.07 Å². The minimum absolute atomic E-state index is 0.0668. The number of nitrogens with zero attached hydrogens (tertiary/aromatic N) is 6. The van der Waals surface area contributed by atoms with Gasteiger partial charge in [0, 0.05) is 34.9 Å². The maximum atomic E-state index is 12.9. The van der Waals surface area contributed by atoms with Gasteiger partial charge in [0.1, 0.15) is 6.33 Å². The van der Waals surface area contributed by atoms with Gasteiger partial charge in [0.15, 0.2) is 21.3 Å². The van der Waals surface area contributed by atoms with Crippen LogP contribution in [0.4, 0.5) is 11.4 Å². The Hall–Kier alpha value is -4.58. The smallest absolute Gasteiger partial charge is 0.230 e. The number of carbonyl (C=O) groups is 1. The van der Waals surface area contributed by atoms with Crippen LogP contribution in [0, 0.1) is 6.92 Å². The fraction of sp³-hybridized carbons (Fsp3) is 0.222. The van der Waals surface area contributed by atoms with E-state index in [4.69, 9.17) is 5.10 Å². The van der Waals surface area contributed by atoms with Crippen molar-refractivity contribution in [2.75, 3.05) is 22.1 Å². The number of benzene rings is 1. The van der Waals surface area contributed by atoms with E-state index in [1.807, 2.05) is 61.7 Å². The van der Waals surface area contributed by atoms with Crippen LogP contribution >= 0.6 is 0 Å². The number of pyridine rings is 2. The lowest BCUT2D eigenvalue weighted by Gasteiger charge is -2.13. The molecule has 39 heavy (non-hydrogen) atoms. The van der Waals surface area contributed by atoms with Gasteiger partial charge in [-0.2, -0.15) is 10.2 Å². The van der Waals surface area contributed by atoms with Gasteiger partial charge < -0.3 is 10.6 Å². The second-order valence-electron chi connectivity index (χ2n) is 9.60. The van der Waals surface area contributed by atoms with Gasteiger partial charge in [0.05, 0.1) is 29.3 Å². The summed E-state index contributed by atoms with van der Waals surface area (Å²) >= 11 is 0. The molecule has 0 bridgehead atoms. The summed E-state index contributed by atoms with van der Waals surface area (Å²) in [5.74, 6) is 0.794. The number of hydrogen-bond acceptors (Lipinski definition) is 8. The van der Waals surface area contributed by atoms with Gasteiger partial charge in [0.2, 0.25) is 5.91 Å². The van der Waals surface area contributed by atoms with E-state index in [1.54, 1.807) is 21.3 Å². The molecule has 6 rings (SSSR count). The standard InChI is InChI=1S/C27H26N8O3S/c1-18-3-2-4-26(30-18)35-24(19-5-10-25-28-17-29-34(25)15-19)13-23(33-35)14-27(36)32-21-8-6-20(7-9-21)31-22-11-12-39(37,38)16-22/h2-10,13,15,17,22,31H,11-12,14,16H2,1H3,(H,32,36). The monoisotopic (exact) mass is 542 g/mol. The number of rotatable bonds is 7. The summed E-state index contributed by atoms with van der Waals surface area (Å²) in [6, 6.07) is 18.5. The maximum absolute atomic E-state index is 12.9. The van der Waals surface area contributed by atoms with Gasteiger partial charge in [0.25, 0.3) is 0 Å². The molecule has 0 aliphatic carbocycles. The zero-order valence-electron chi connectivity index (χ0n) is 21.2. The van der Waals surface area contributed by atoms with Crippen LogP contribution in [0.2, 0.25) is 0 Å². The average Bonchev–Trinajstić information content (AvgIpc) is 3.63. The number of carbonyl (C=O) groups excluding carboxylic acids is 1. The van der Waals surface area contributed by atoms with Crippen molar-refractivity contribution < 1.29 is 13.2 Å². The Morgan fingerprint density at radius 1 is 1.08 bits per heavy atom. The topological polar surface area (TPSA) is 136 Å². The molecule has 1 amide bonds. The van der Waals surface area contributed by atoms with Crippen LogP contribution in [0.3, 0.4) is 0 Å². The molecule has 1 atom stereocenters. The number of amides is 1. The van der Waals surface area contributed by atoms with Crippen molar-refractivity contribution in [3.8, 4) is 17.1 Å². The summed E-state index contributed by atoms with van der Waals surface area (Å²) in [7, 11) is -2.95. The van der Waals surface area contributed by atoms with Crippen LogP contribution < -0.4 is 10.6 Å². The molecule has 5 aromatic rings. The molecule has 1 aliphatic heterocycles. The molecule has 0 spiro atoms. The minimum Gasteiger partial charge on any atom is -0.381 e.